The molecular weight excluding hydrogens is 282 g/mol. The fourth-order valence-corrected chi connectivity index (χ4v) is 3.01. The van der Waals surface area contributed by atoms with Gasteiger partial charge in [-0.15, -0.1) is 0 Å². The first-order chi connectivity index (χ1) is 10.8. The van der Waals surface area contributed by atoms with Crippen molar-refractivity contribution in [3.63, 3.8) is 0 Å². The molecule has 0 bridgehead atoms. The summed E-state index contributed by atoms with van der Waals surface area (Å²) in [6, 6.07) is 4.40. The molecule has 0 radical (unpaired) electrons. The molecule has 2 aliphatic rings. The lowest BCUT2D eigenvalue weighted by atomic mass is 10.2. The maximum absolute atomic E-state index is 12.4. The van der Waals surface area contributed by atoms with Crippen molar-refractivity contribution in [2.45, 2.75) is 25.4 Å². The Morgan fingerprint density at radius 1 is 1.32 bits per heavy atom. The molecule has 2 fully saturated rings. The molecule has 22 heavy (non-hydrogen) atoms. The number of rotatable bonds is 7. The minimum absolute atomic E-state index is 0.126. The van der Waals surface area contributed by atoms with Crippen molar-refractivity contribution >= 4 is 5.91 Å². The van der Waals surface area contributed by atoms with Crippen LogP contribution in [-0.2, 0) is 11.3 Å². The van der Waals surface area contributed by atoms with Crippen LogP contribution in [0.15, 0.2) is 22.8 Å². The van der Waals surface area contributed by atoms with Crippen molar-refractivity contribution in [1.82, 2.24) is 14.7 Å². The number of carbonyl (C=O) groups is 1. The summed E-state index contributed by atoms with van der Waals surface area (Å²) in [6.07, 6.45) is 4.01. The number of piperazine rings is 1. The molecule has 6 nitrogen and oxygen atoms in total. The first kappa shape index (κ1) is 15.5. The predicted molar refractivity (Wildman–Crippen MR) is 82.2 cm³/mol. The van der Waals surface area contributed by atoms with Crippen molar-refractivity contribution < 1.29 is 14.3 Å². The molecule has 1 saturated carbocycles. The van der Waals surface area contributed by atoms with Gasteiger partial charge in [-0.2, -0.15) is 0 Å². The topological polar surface area (TPSA) is 60.2 Å². The molecule has 0 spiro atoms. The van der Waals surface area contributed by atoms with Gasteiger partial charge in [0.2, 0.25) is 5.91 Å². The van der Waals surface area contributed by atoms with Crippen molar-refractivity contribution in [2.75, 3.05) is 45.9 Å². The maximum atomic E-state index is 12.4. The lowest BCUT2D eigenvalue weighted by Crippen LogP contribution is -2.51. The number of amides is 1. The van der Waals surface area contributed by atoms with Crippen molar-refractivity contribution in [3.8, 4) is 0 Å². The molecule has 0 aromatic carbocycles. The van der Waals surface area contributed by atoms with Gasteiger partial charge < -0.3 is 14.4 Å². The van der Waals surface area contributed by atoms with E-state index >= 15 is 0 Å². The van der Waals surface area contributed by atoms with Crippen LogP contribution < -0.4 is 0 Å². The molecule has 3 rings (SSSR count). The van der Waals surface area contributed by atoms with Gasteiger partial charge in [-0.1, -0.05) is 0 Å². The standard InChI is InChI=1S/C16H25N3O3/c20-10-9-19(14-3-4-14)13-16(21)18-7-5-17(6-8-18)12-15-2-1-11-22-15/h1-2,11,14,20H,3-10,12-13H2. The third-order valence-corrected chi connectivity index (χ3v) is 4.47. The van der Waals surface area contributed by atoms with E-state index in [9.17, 15) is 4.79 Å². The Morgan fingerprint density at radius 2 is 2.09 bits per heavy atom. The van der Waals surface area contributed by atoms with Crippen molar-refractivity contribution in [3.05, 3.63) is 24.2 Å². The minimum Gasteiger partial charge on any atom is -0.468 e. The monoisotopic (exact) mass is 307 g/mol. The molecule has 0 atom stereocenters. The number of nitrogens with zero attached hydrogens (tertiary/aromatic N) is 3. The van der Waals surface area contributed by atoms with Crippen LogP contribution in [0.1, 0.15) is 18.6 Å². The van der Waals surface area contributed by atoms with E-state index in [0.717, 1.165) is 51.3 Å². The molecule has 2 heterocycles. The fraction of sp³-hybridized carbons (Fsp3) is 0.688. The van der Waals surface area contributed by atoms with Crippen LogP contribution in [0.25, 0.3) is 0 Å². The molecule has 1 aliphatic carbocycles. The summed E-state index contributed by atoms with van der Waals surface area (Å²) in [6.45, 7) is 5.31. The Labute approximate surface area is 131 Å². The third kappa shape index (κ3) is 4.09. The van der Waals surface area contributed by atoms with Crippen LogP contribution in [0.5, 0.6) is 0 Å². The molecule has 0 unspecified atom stereocenters. The molecule has 122 valence electrons. The van der Waals surface area contributed by atoms with Gasteiger partial charge in [0.25, 0.3) is 0 Å². The Morgan fingerprint density at radius 3 is 2.68 bits per heavy atom. The number of hydrogen-bond donors (Lipinski definition) is 1. The summed E-state index contributed by atoms with van der Waals surface area (Å²) in [7, 11) is 0. The van der Waals surface area contributed by atoms with E-state index in [4.69, 9.17) is 9.52 Å². The number of aliphatic hydroxyl groups excluding tert-OH is 1. The van der Waals surface area contributed by atoms with Crippen molar-refractivity contribution in [1.29, 1.82) is 0 Å². The molecule has 6 heteroatoms. The second kappa shape index (κ2) is 7.26. The molecular formula is C16H25N3O3. The third-order valence-electron chi connectivity index (χ3n) is 4.47. The maximum Gasteiger partial charge on any atom is 0.236 e. The van der Waals surface area contributed by atoms with E-state index in [2.05, 4.69) is 9.80 Å². The van der Waals surface area contributed by atoms with Crippen LogP contribution in [0.3, 0.4) is 0 Å². The summed E-state index contributed by atoms with van der Waals surface area (Å²) >= 11 is 0. The lowest BCUT2D eigenvalue weighted by Gasteiger charge is -2.35. The van der Waals surface area contributed by atoms with Crippen LogP contribution in [-0.4, -0.2) is 77.6 Å². The van der Waals surface area contributed by atoms with E-state index in [1.54, 1.807) is 6.26 Å². The lowest BCUT2D eigenvalue weighted by molar-refractivity contribution is -0.134. The summed E-state index contributed by atoms with van der Waals surface area (Å²) in [4.78, 5) is 18.8. The number of aliphatic hydroxyl groups is 1. The van der Waals surface area contributed by atoms with E-state index in [-0.39, 0.29) is 12.5 Å². The van der Waals surface area contributed by atoms with Gasteiger partial charge >= 0.3 is 0 Å². The molecule has 1 aliphatic heterocycles. The van der Waals surface area contributed by atoms with E-state index < -0.39 is 0 Å². The van der Waals surface area contributed by atoms with E-state index in [1.165, 1.54) is 0 Å². The fourth-order valence-electron chi connectivity index (χ4n) is 3.01. The van der Waals surface area contributed by atoms with Gasteiger partial charge in [0, 0.05) is 38.8 Å². The van der Waals surface area contributed by atoms with Gasteiger partial charge in [-0.3, -0.25) is 14.6 Å². The minimum atomic E-state index is 0.126. The second-order valence-electron chi connectivity index (χ2n) is 6.16. The Kier molecular flexibility index (Phi) is 5.12. The SMILES string of the molecule is O=C(CN(CCO)C1CC1)N1CCN(Cc2ccco2)CC1. The normalized spacial score (nSPS) is 19.8. The first-order valence-electron chi connectivity index (χ1n) is 8.13. The van der Waals surface area contributed by atoms with Gasteiger partial charge in [0.05, 0.1) is 26.0 Å². The first-order valence-corrected chi connectivity index (χ1v) is 8.13. The molecule has 1 saturated heterocycles. The van der Waals surface area contributed by atoms with Crippen LogP contribution in [0.4, 0.5) is 0 Å². The molecule has 1 amide bonds. The quantitative estimate of drug-likeness (QED) is 0.789. The largest absolute Gasteiger partial charge is 0.468 e. The van der Waals surface area contributed by atoms with Crippen LogP contribution in [0, 0.1) is 0 Å². The van der Waals surface area contributed by atoms with Gasteiger partial charge in [0.1, 0.15) is 5.76 Å². The Hall–Kier alpha value is -1.37. The molecule has 1 aromatic rings. The summed E-state index contributed by atoms with van der Waals surface area (Å²) in [5.41, 5.74) is 0. The zero-order valence-electron chi connectivity index (χ0n) is 13.0. The average Bonchev–Trinajstić information content (AvgIpc) is 3.26. The summed E-state index contributed by atoms with van der Waals surface area (Å²) in [5, 5.41) is 9.11. The highest BCUT2D eigenvalue weighted by molar-refractivity contribution is 5.78. The predicted octanol–water partition coefficient (Wildman–Crippen LogP) is 0.381. The zero-order chi connectivity index (χ0) is 15.4. The second-order valence-corrected chi connectivity index (χ2v) is 6.16. The van der Waals surface area contributed by atoms with Crippen molar-refractivity contribution in [2.24, 2.45) is 0 Å². The molecule has 1 N–H and O–H groups in total. The van der Waals surface area contributed by atoms with Gasteiger partial charge in [-0.25, -0.2) is 0 Å². The number of furan rings is 1. The Bertz CT molecular complexity index is 465. The number of hydrogen-bond acceptors (Lipinski definition) is 5. The van der Waals surface area contributed by atoms with Gasteiger partial charge in [0.15, 0.2) is 0 Å². The van der Waals surface area contributed by atoms with Gasteiger partial charge in [-0.05, 0) is 25.0 Å². The highest BCUT2D eigenvalue weighted by atomic mass is 16.3. The average molecular weight is 307 g/mol. The summed E-state index contributed by atoms with van der Waals surface area (Å²) < 4.78 is 5.37. The highest BCUT2D eigenvalue weighted by Crippen LogP contribution is 2.26. The van der Waals surface area contributed by atoms with Crippen LogP contribution in [0.2, 0.25) is 0 Å². The molecule has 1 aromatic heterocycles. The zero-order valence-corrected chi connectivity index (χ0v) is 13.0. The van der Waals surface area contributed by atoms with Crippen LogP contribution >= 0.6 is 0 Å². The van der Waals surface area contributed by atoms with E-state index in [0.29, 0.717) is 19.1 Å². The Balaban J connectivity index is 1.43. The number of carbonyl (C=O) groups excluding carboxylic acids is 1. The summed E-state index contributed by atoms with van der Waals surface area (Å²) in [5.74, 6) is 1.17. The highest BCUT2D eigenvalue weighted by Gasteiger charge is 2.31. The van der Waals surface area contributed by atoms with E-state index in [1.807, 2.05) is 17.0 Å². The smallest absolute Gasteiger partial charge is 0.236 e.